The minimum atomic E-state index is -4.41. The van der Waals surface area contributed by atoms with Gasteiger partial charge < -0.3 is 5.32 Å². The first-order valence-electron chi connectivity index (χ1n) is 5.44. The van der Waals surface area contributed by atoms with Crippen LogP contribution in [0.5, 0.6) is 0 Å². The molecule has 102 valence electrons. The quantitative estimate of drug-likeness (QED) is 0.829. The Bertz CT molecular complexity index is 580. The first-order valence-corrected chi connectivity index (χ1v) is 6.51. The molecular formula is C11H10F3IN4. The molecule has 0 bridgehead atoms. The topological polar surface area (TPSA) is 42.7 Å². The summed E-state index contributed by atoms with van der Waals surface area (Å²) in [6.07, 6.45) is -1.25. The maximum atomic E-state index is 12.8. The zero-order valence-electron chi connectivity index (χ0n) is 9.87. The number of aromatic nitrogens is 3. The normalized spacial score (nSPS) is 11.6. The molecule has 0 aliphatic carbocycles. The van der Waals surface area contributed by atoms with Crippen LogP contribution in [-0.2, 0) is 6.18 Å². The number of nitrogens with one attached hydrogen (secondary N) is 1. The lowest BCUT2D eigenvalue weighted by atomic mass is 10.2. The zero-order valence-corrected chi connectivity index (χ0v) is 12.0. The number of alkyl halides is 3. The van der Waals surface area contributed by atoms with Gasteiger partial charge in [0.25, 0.3) is 0 Å². The second-order valence-corrected chi connectivity index (χ2v) is 4.98. The summed E-state index contributed by atoms with van der Waals surface area (Å²) in [7, 11) is 0. The van der Waals surface area contributed by atoms with Gasteiger partial charge in [-0.05, 0) is 41.6 Å². The Morgan fingerprint density at radius 2 is 2.11 bits per heavy atom. The van der Waals surface area contributed by atoms with Crippen LogP contribution in [0.25, 0.3) is 5.82 Å². The lowest BCUT2D eigenvalue weighted by Gasteiger charge is -2.11. The van der Waals surface area contributed by atoms with E-state index >= 15 is 0 Å². The van der Waals surface area contributed by atoms with Crippen molar-refractivity contribution in [2.45, 2.75) is 13.1 Å². The summed E-state index contributed by atoms with van der Waals surface area (Å²) in [4.78, 5) is 4.11. The van der Waals surface area contributed by atoms with E-state index in [0.29, 0.717) is 6.54 Å². The molecule has 0 saturated carbocycles. The van der Waals surface area contributed by atoms with E-state index in [1.165, 1.54) is 4.68 Å². The Morgan fingerprint density at radius 1 is 1.37 bits per heavy atom. The molecule has 19 heavy (non-hydrogen) atoms. The van der Waals surface area contributed by atoms with Crippen LogP contribution in [0.15, 0.2) is 24.5 Å². The van der Waals surface area contributed by atoms with E-state index < -0.39 is 11.7 Å². The van der Waals surface area contributed by atoms with Gasteiger partial charge in [-0.15, -0.1) is 0 Å². The van der Waals surface area contributed by atoms with Crippen LogP contribution in [0.4, 0.5) is 19.0 Å². The van der Waals surface area contributed by atoms with Crippen LogP contribution in [0.3, 0.4) is 0 Å². The standard InChI is InChI=1S/C11H10F3IN4/c1-2-16-9-3-7(11(12,13)14)4-10(18-9)19-6-8(15)5-17-19/h3-6H,2H2,1H3,(H,16,18). The van der Waals surface area contributed by atoms with Gasteiger partial charge in [-0.1, -0.05) is 0 Å². The lowest BCUT2D eigenvalue weighted by molar-refractivity contribution is -0.137. The van der Waals surface area contributed by atoms with Crippen molar-refractivity contribution in [2.75, 3.05) is 11.9 Å². The van der Waals surface area contributed by atoms with Gasteiger partial charge in [0, 0.05) is 12.7 Å². The third kappa shape index (κ3) is 3.37. The Balaban J connectivity index is 2.51. The first kappa shape index (κ1) is 14.1. The van der Waals surface area contributed by atoms with Crippen LogP contribution < -0.4 is 5.32 Å². The Labute approximate surface area is 121 Å². The molecule has 2 aromatic rings. The Hall–Kier alpha value is -1.32. The molecular weight excluding hydrogens is 372 g/mol. The van der Waals surface area contributed by atoms with Crippen molar-refractivity contribution in [3.05, 3.63) is 33.7 Å². The van der Waals surface area contributed by atoms with Gasteiger partial charge in [-0.25, -0.2) is 9.67 Å². The fourth-order valence-corrected chi connectivity index (χ4v) is 1.88. The van der Waals surface area contributed by atoms with Crippen molar-refractivity contribution in [2.24, 2.45) is 0 Å². The largest absolute Gasteiger partial charge is 0.416 e. The van der Waals surface area contributed by atoms with Gasteiger partial charge in [0.15, 0.2) is 5.82 Å². The third-order valence-electron chi connectivity index (χ3n) is 2.28. The molecule has 0 spiro atoms. The van der Waals surface area contributed by atoms with Gasteiger partial charge in [-0.2, -0.15) is 18.3 Å². The van der Waals surface area contributed by atoms with E-state index in [-0.39, 0.29) is 11.6 Å². The SMILES string of the molecule is CCNc1cc(C(F)(F)F)cc(-n2cc(I)cn2)n1. The van der Waals surface area contributed by atoms with Gasteiger partial charge in [-0.3, -0.25) is 0 Å². The second-order valence-electron chi connectivity index (χ2n) is 3.73. The molecule has 0 aliphatic heterocycles. The van der Waals surface area contributed by atoms with E-state index in [4.69, 9.17) is 0 Å². The van der Waals surface area contributed by atoms with Crippen molar-refractivity contribution in [1.29, 1.82) is 0 Å². The molecule has 2 heterocycles. The molecule has 0 atom stereocenters. The maximum Gasteiger partial charge on any atom is 0.416 e. The minimum Gasteiger partial charge on any atom is -0.370 e. The highest BCUT2D eigenvalue weighted by Gasteiger charge is 2.31. The monoisotopic (exact) mass is 382 g/mol. The highest BCUT2D eigenvalue weighted by molar-refractivity contribution is 14.1. The number of nitrogens with zero attached hydrogens (tertiary/aromatic N) is 3. The van der Waals surface area contributed by atoms with E-state index in [1.54, 1.807) is 19.3 Å². The number of rotatable bonds is 3. The van der Waals surface area contributed by atoms with E-state index in [2.05, 4.69) is 15.4 Å². The van der Waals surface area contributed by atoms with Crippen molar-refractivity contribution < 1.29 is 13.2 Å². The third-order valence-corrected chi connectivity index (χ3v) is 2.84. The van der Waals surface area contributed by atoms with E-state index in [0.717, 1.165) is 15.7 Å². The number of pyridine rings is 1. The van der Waals surface area contributed by atoms with Gasteiger partial charge in [0.05, 0.1) is 15.3 Å². The smallest absolute Gasteiger partial charge is 0.370 e. The highest BCUT2D eigenvalue weighted by atomic mass is 127. The molecule has 0 aromatic carbocycles. The minimum absolute atomic E-state index is 0.133. The van der Waals surface area contributed by atoms with Gasteiger partial charge in [0.2, 0.25) is 0 Å². The number of anilines is 1. The predicted octanol–water partition coefficient (Wildman–Crippen LogP) is 3.32. The van der Waals surface area contributed by atoms with Crippen LogP contribution >= 0.6 is 22.6 Å². The van der Waals surface area contributed by atoms with Crippen LogP contribution in [0, 0.1) is 3.57 Å². The Morgan fingerprint density at radius 3 is 2.63 bits per heavy atom. The summed E-state index contributed by atoms with van der Waals surface area (Å²) in [5.41, 5.74) is -0.751. The van der Waals surface area contributed by atoms with Crippen LogP contribution in [0.1, 0.15) is 12.5 Å². The van der Waals surface area contributed by atoms with Crippen molar-refractivity contribution in [3.8, 4) is 5.82 Å². The van der Waals surface area contributed by atoms with E-state index in [9.17, 15) is 13.2 Å². The highest BCUT2D eigenvalue weighted by Crippen LogP contribution is 2.31. The molecule has 4 nitrogen and oxygen atoms in total. The summed E-state index contributed by atoms with van der Waals surface area (Å²) >= 11 is 2.03. The average molecular weight is 382 g/mol. The molecule has 0 amide bonds. The van der Waals surface area contributed by atoms with Gasteiger partial charge in [0.1, 0.15) is 5.82 Å². The summed E-state index contributed by atoms with van der Waals surface area (Å²) in [5.74, 6) is 0.312. The Kier molecular flexibility index (Phi) is 3.97. The van der Waals surface area contributed by atoms with Gasteiger partial charge >= 0.3 is 6.18 Å². The molecule has 1 N–H and O–H groups in total. The predicted molar refractivity (Wildman–Crippen MR) is 73.2 cm³/mol. The molecule has 0 radical (unpaired) electrons. The number of hydrogen-bond donors (Lipinski definition) is 1. The van der Waals surface area contributed by atoms with Crippen molar-refractivity contribution >= 4 is 28.4 Å². The number of halogens is 4. The molecule has 0 aliphatic rings. The van der Waals surface area contributed by atoms with Crippen molar-refractivity contribution in [1.82, 2.24) is 14.8 Å². The first-order chi connectivity index (χ1) is 8.90. The summed E-state index contributed by atoms with van der Waals surface area (Å²) in [6, 6.07) is 1.96. The maximum absolute atomic E-state index is 12.8. The summed E-state index contributed by atoms with van der Waals surface area (Å²) < 4.78 is 40.6. The number of hydrogen-bond acceptors (Lipinski definition) is 3. The fourth-order valence-electron chi connectivity index (χ4n) is 1.49. The van der Waals surface area contributed by atoms with Crippen LogP contribution in [-0.4, -0.2) is 21.3 Å². The fraction of sp³-hybridized carbons (Fsp3) is 0.273. The lowest BCUT2D eigenvalue weighted by Crippen LogP contribution is -2.11. The molecule has 2 rings (SSSR count). The molecule has 0 fully saturated rings. The molecule has 8 heteroatoms. The van der Waals surface area contributed by atoms with Crippen LogP contribution in [0.2, 0.25) is 0 Å². The molecule has 0 saturated heterocycles. The molecule has 2 aromatic heterocycles. The summed E-state index contributed by atoms with van der Waals surface area (Å²) in [5, 5.41) is 6.74. The molecule has 0 unspecified atom stereocenters. The van der Waals surface area contributed by atoms with E-state index in [1.807, 2.05) is 22.6 Å². The average Bonchev–Trinajstić information content (AvgIpc) is 2.75. The van der Waals surface area contributed by atoms with Crippen molar-refractivity contribution in [3.63, 3.8) is 0 Å². The zero-order chi connectivity index (χ0) is 14.0. The summed E-state index contributed by atoms with van der Waals surface area (Å²) in [6.45, 7) is 2.28. The second kappa shape index (κ2) is 5.35.